The normalized spacial score (nSPS) is 16.6. The second-order valence-electron chi connectivity index (χ2n) is 7.16. The molecule has 1 saturated heterocycles. The molecule has 4 nitrogen and oxygen atoms in total. The second-order valence-corrected chi connectivity index (χ2v) is 7.16. The van der Waals surface area contributed by atoms with Gasteiger partial charge in [0.25, 0.3) is 0 Å². The maximum atomic E-state index is 12.4. The number of aryl methyl sites for hydroxylation is 2. The number of carbonyl (C=O) groups is 2. The van der Waals surface area contributed by atoms with E-state index in [0.29, 0.717) is 19.5 Å². The molecule has 0 aromatic heterocycles. The van der Waals surface area contributed by atoms with Crippen LogP contribution in [0.1, 0.15) is 37.3 Å². The minimum atomic E-state index is -0.252. The van der Waals surface area contributed by atoms with Crippen LogP contribution in [0, 0.1) is 5.92 Å². The molecular formula is C23H28N2O2. The molecule has 1 aliphatic heterocycles. The highest BCUT2D eigenvalue weighted by molar-refractivity contribution is 6.00. The van der Waals surface area contributed by atoms with Gasteiger partial charge in [-0.15, -0.1) is 0 Å². The van der Waals surface area contributed by atoms with Gasteiger partial charge in [-0.3, -0.25) is 9.59 Å². The first-order valence-corrected chi connectivity index (χ1v) is 9.88. The van der Waals surface area contributed by atoms with Crippen molar-refractivity contribution in [2.45, 2.75) is 39.0 Å². The molecule has 0 unspecified atom stereocenters. The number of carbonyl (C=O) groups excluding carboxylic acids is 2. The van der Waals surface area contributed by atoms with Gasteiger partial charge in [-0.2, -0.15) is 0 Å². The largest absolute Gasteiger partial charge is 0.356 e. The minimum absolute atomic E-state index is 0.00394. The summed E-state index contributed by atoms with van der Waals surface area (Å²) in [4.78, 5) is 26.5. The van der Waals surface area contributed by atoms with Crippen molar-refractivity contribution in [3.05, 3.63) is 65.7 Å². The van der Waals surface area contributed by atoms with Crippen LogP contribution in [0.4, 0.5) is 5.69 Å². The summed E-state index contributed by atoms with van der Waals surface area (Å²) in [7, 11) is 0. The van der Waals surface area contributed by atoms with E-state index in [2.05, 4.69) is 36.5 Å². The van der Waals surface area contributed by atoms with E-state index in [-0.39, 0.29) is 17.7 Å². The van der Waals surface area contributed by atoms with Crippen molar-refractivity contribution in [3.63, 3.8) is 0 Å². The number of nitrogens with zero attached hydrogens (tertiary/aromatic N) is 1. The van der Waals surface area contributed by atoms with Gasteiger partial charge < -0.3 is 10.2 Å². The van der Waals surface area contributed by atoms with Crippen molar-refractivity contribution in [2.24, 2.45) is 5.92 Å². The third-order valence-electron chi connectivity index (χ3n) is 5.19. The molecule has 2 amide bonds. The lowest BCUT2D eigenvalue weighted by molar-refractivity contribution is -0.126. The average molecular weight is 364 g/mol. The van der Waals surface area contributed by atoms with Gasteiger partial charge in [0, 0.05) is 25.2 Å². The molecule has 0 saturated carbocycles. The summed E-state index contributed by atoms with van der Waals surface area (Å²) in [6.45, 7) is 3.25. The van der Waals surface area contributed by atoms with Crippen LogP contribution in [0.3, 0.4) is 0 Å². The van der Waals surface area contributed by atoms with Crippen LogP contribution in [0.15, 0.2) is 54.6 Å². The average Bonchev–Trinajstić information content (AvgIpc) is 3.10. The van der Waals surface area contributed by atoms with Gasteiger partial charge in [-0.1, -0.05) is 49.4 Å². The van der Waals surface area contributed by atoms with Gasteiger partial charge in [-0.05, 0) is 48.9 Å². The molecule has 1 heterocycles. The van der Waals surface area contributed by atoms with Crippen molar-refractivity contribution in [1.29, 1.82) is 0 Å². The summed E-state index contributed by atoms with van der Waals surface area (Å²) in [6.07, 6.45) is 4.29. The molecule has 4 heteroatoms. The number of anilines is 1. The number of hydrogen-bond acceptors (Lipinski definition) is 2. The van der Waals surface area contributed by atoms with E-state index in [4.69, 9.17) is 0 Å². The quantitative estimate of drug-likeness (QED) is 0.726. The van der Waals surface area contributed by atoms with E-state index in [9.17, 15) is 9.59 Å². The van der Waals surface area contributed by atoms with Crippen molar-refractivity contribution in [3.8, 4) is 0 Å². The Morgan fingerprint density at radius 3 is 2.48 bits per heavy atom. The third kappa shape index (κ3) is 5.19. The summed E-state index contributed by atoms with van der Waals surface area (Å²) in [5.41, 5.74) is 3.46. The van der Waals surface area contributed by atoms with Gasteiger partial charge in [0.05, 0.1) is 5.92 Å². The molecule has 1 N–H and O–H groups in total. The summed E-state index contributed by atoms with van der Waals surface area (Å²) in [5.74, 6) is -0.225. The molecule has 3 rings (SSSR count). The first-order chi connectivity index (χ1) is 13.2. The van der Waals surface area contributed by atoms with Crippen LogP contribution >= 0.6 is 0 Å². The van der Waals surface area contributed by atoms with Crippen LogP contribution in [-0.2, 0) is 22.4 Å². The molecule has 1 aliphatic rings. The highest BCUT2D eigenvalue weighted by atomic mass is 16.2. The Bertz CT molecular complexity index is 756. The Morgan fingerprint density at radius 1 is 1.04 bits per heavy atom. The van der Waals surface area contributed by atoms with Crippen LogP contribution in [0.5, 0.6) is 0 Å². The van der Waals surface area contributed by atoms with Crippen LogP contribution < -0.4 is 10.2 Å². The first kappa shape index (κ1) is 19.2. The van der Waals surface area contributed by atoms with Crippen molar-refractivity contribution in [1.82, 2.24) is 5.32 Å². The molecule has 0 bridgehead atoms. The zero-order valence-corrected chi connectivity index (χ0v) is 16.0. The zero-order chi connectivity index (χ0) is 19.1. The molecular weight excluding hydrogens is 336 g/mol. The van der Waals surface area contributed by atoms with Gasteiger partial charge in [0.2, 0.25) is 11.8 Å². The fourth-order valence-electron chi connectivity index (χ4n) is 3.50. The van der Waals surface area contributed by atoms with Gasteiger partial charge >= 0.3 is 0 Å². The summed E-state index contributed by atoms with van der Waals surface area (Å²) in [6, 6.07) is 18.4. The van der Waals surface area contributed by atoms with Crippen LogP contribution in [0.2, 0.25) is 0 Å². The van der Waals surface area contributed by atoms with E-state index in [1.807, 2.05) is 30.3 Å². The number of nitrogens with one attached hydrogen (secondary N) is 1. The predicted molar refractivity (Wildman–Crippen MR) is 109 cm³/mol. The Morgan fingerprint density at radius 2 is 1.78 bits per heavy atom. The summed E-state index contributed by atoms with van der Waals surface area (Å²) in [5, 5.41) is 3.00. The maximum Gasteiger partial charge on any atom is 0.227 e. The predicted octanol–water partition coefficient (Wildman–Crippen LogP) is 3.74. The fourth-order valence-corrected chi connectivity index (χ4v) is 3.50. The Kier molecular flexibility index (Phi) is 6.64. The maximum absolute atomic E-state index is 12.4. The third-order valence-corrected chi connectivity index (χ3v) is 5.19. The first-order valence-electron chi connectivity index (χ1n) is 9.88. The molecule has 2 aromatic rings. The monoisotopic (exact) mass is 364 g/mol. The molecule has 142 valence electrons. The SMILES string of the molecule is CCc1ccc(N2C[C@H](C(=O)NCCCCc3ccccc3)CC2=O)cc1. The molecule has 1 atom stereocenters. The van der Waals surface area contributed by atoms with Crippen molar-refractivity contribution < 1.29 is 9.59 Å². The highest BCUT2D eigenvalue weighted by Crippen LogP contribution is 2.25. The highest BCUT2D eigenvalue weighted by Gasteiger charge is 2.34. The van der Waals surface area contributed by atoms with Crippen LogP contribution in [0.25, 0.3) is 0 Å². The number of hydrogen-bond donors (Lipinski definition) is 1. The standard InChI is InChI=1S/C23H28N2O2/c1-2-18-11-13-21(14-12-18)25-17-20(16-22(25)26)23(27)24-15-7-6-10-19-8-4-3-5-9-19/h3-5,8-9,11-14,20H,2,6-7,10,15-17H2,1H3,(H,24,27)/t20-/m1/s1. The number of unbranched alkanes of at least 4 members (excludes halogenated alkanes) is 1. The molecule has 0 aliphatic carbocycles. The zero-order valence-electron chi connectivity index (χ0n) is 16.0. The summed E-state index contributed by atoms with van der Waals surface area (Å²) >= 11 is 0. The lowest BCUT2D eigenvalue weighted by Gasteiger charge is -2.17. The van der Waals surface area contributed by atoms with Crippen LogP contribution in [-0.4, -0.2) is 24.9 Å². The fraction of sp³-hybridized carbons (Fsp3) is 0.391. The van der Waals surface area contributed by atoms with Gasteiger partial charge in [0.1, 0.15) is 0 Å². The number of benzene rings is 2. The number of amides is 2. The van der Waals surface area contributed by atoms with Crippen molar-refractivity contribution >= 4 is 17.5 Å². The van der Waals surface area contributed by atoms with E-state index >= 15 is 0 Å². The molecule has 1 fully saturated rings. The lowest BCUT2D eigenvalue weighted by Crippen LogP contribution is -2.33. The van der Waals surface area contributed by atoms with E-state index in [1.54, 1.807) is 4.90 Å². The smallest absolute Gasteiger partial charge is 0.227 e. The van der Waals surface area contributed by atoms with E-state index in [1.165, 1.54) is 11.1 Å². The van der Waals surface area contributed by atoms with E-state index < -0.39 is 0 Å². The van der Waals surface area contributed by atoms with Crippen molar-refractivity contribution in [2.75, 3.05) is 18.0 Å². The Labute approximate surface area is 161 Å². The number of rotatable bonds is 8. The van der Waals surface area contributed by atoms with E-state index in [0.717, 1.165) is 31.4 Å². The lowest BCUT2D eigenvalue weighted by atomic mass is 10.1. The molecule has 27 heavy (non-hydrogen) atoms. The summed E-state index contributed by atoms with van der Waals surface area (Å²) < 4.78 is 0. The Balaban J connectivity index is 1.42. The minimum Gasteiger partial charge on any atom is -0.356 e. The topological polar surface area (TPSA) is 49.4 Å². The van der Waals surface area contributed by atoms with Gasteiger partial charge in [0.15, 0.2) is 0 Å². The Hall–Kier alpha value is -2.62. The molecule has 0 radical (unpaired) electrons. The molecule has 0 spiro atoms. The molecule has 2 aromatic carbocycles. The second kappa shape index (κ2) is 9.36. The van der Waals surface area contributed by atoms with Gasteiger partial charge in [-0.25, -0.2) is 0 Å².